The van der Waals surface area contributed by atoms with Crippen molar-refractivity contribution in [2.24, 2.45) is 0 Å². The lowest BCUT2D eigenvalue weighted by Crippen LogP contribution is -2.32. The van der Waals surface area contributed by atoms with Crippen molar-refractivity contribution in [1.82, 2.24) is 14.5 Å². The molecule has 3 heteroatoms. The van der Waals surface area contributed by atoms with Crippen LogP contribution in [0.4, 0.5) is 0 Å². The predicted molar refractivity (Wildman–Crippen MR) is 161 cm³/mol. The normalized spacial score (nSPS) is 14.4. The van der Waals surface area contributed by atoms with Crippen molar-refractivity contribution >= 4 is 6.08 Å². The van der Waals surface area contributed by atoms with Gasteiger partial charge in [0.1, 0.15) is 0 Å². The molecule has 0 saturated carbocycles. The van der Waals surface area contributed by atoms with E-state index in [4.69, 9.17) is 9.97 Å². The van der Waals surface area contributed by atoms with Gasteiger partial charge >= 0.3 is 0 Å². The Morgan fingerprint density at radius 3 is 2.05 bits per heavy atom. The third kappa shape index (κ3) is 3.18. The van der Waals surface area contributed by atoms with Gasteiger partial charge in [0.25, 0.3) is 0 Å². The molecule has 2 aliphatic rings. The van der Waals surface area contributed by atoms with Crippen LogP contribution in [0.2, 0.25) is 0 Å². The topological polar surface area (TPSA) is 30.7 Å². The fourth-order valence-corrected chi connectivity index (χ4v) is 6.84. The van der Waals surface area contributed by atoms with Crippen molar-refractivity contribution in [3.05, 3.63) is 167 Å². The van der Waals surface area contributed by atoms with Crippen LogP contribution in [0.3, 0.4) is 0 Å². The number of hydrogen-bond acceptors (Lipinski definition) is 2. The zero-order valence-electron chi connectivity index (χ0n) is 22.0. The second-order valence-corrected chi connectivity index (χ2v) is 10.5. The molecule has 0 amide bonds. The van der Waals surface area contributed by atoms with Gasteiger partial charge in [-0.05, 0) is 41.2 Å². The molecule has 0 atom stereocenters. The summed E-state index contributed by atoms with van der Waals surface area (Å²) >= 11 is 0. The smallest absolute Gasteiger partial charge is 0.234 e. The maximum atomic E-state index is 5.21. The lowest BCUT2D eigenvalue weighted by Gasteiger charge is -2.34. The number of aromatic nitrogens is 3. The molecule has 2 aromatic heterocycles. The van der Waals surface area contributed by atoms with Crippen LogP contribution in [-0.4, -0.2) is 14.5 Å². The molecule has 6 aromatic rings. The number of benzene rings is 4. The molecule has 4 aromatic carbocycles. The Hall–Kier alpha value is -5.02. The van der Waals surface area contributed by atoms with Crippen molar-refractivity contribution in [3.8, 4) is 28.3 Å². The molecule has 8 rings (SSSR count). The van der Waals surface area contributed by atoms with Crippen LogP contribution in [0.1, 0.15) is 40.1 Å². The van der Waals surface area contributed by atoms with Crippen LogP contribution in [-0.2, 0) is 11.8 Å². The van der Waals surface area contributed by atoms with Gasteiger partial charge in [0, 0.05) is 28.6 Å². The van der Waals surface area contributed by atoms with E-state index in [2.05, 4.69) is 126 Å². The number of rotatable bonds is 4. The second-order valence-electron chi connectivity index (χ2n) is 10.5. The monoisotopic (exact) mass is 513 g/mol. The molecule has 0 N–H and O–H groups in total. The van der Waals surface area contributed by atoms with E-state index in [1.165, 1.54) is 44.8 Å². The summed E-state index contributed by atoms with van der Waals surface area (Å²) in [6, 6.07) is 43.2. The minimum absolute atomic E-state index is 0.522. The fraction of sp³-hybridized carbons (Fsp3) is 0.0811. The fourth-order valence-electron chi connectivity index (χ4n) is 6.84. The van der Waals surface area contributed by atoms with Crippen molar-refractivity contribution in [1.29, 1.82) is 0 Å². The van der Waals surface area contributed by atoms with Crippen LogP contribution in [0.15, 0.2) is 134 Å². The molecule has 0 saturated heterocycles. The second kappa shape index (κ2) is 9.03. The highest BCUT2D eigenvalue weighted by molar-refractivity contribution is 5.92. The molecule has 0 unspecified atom stereocenters. The van der Waals surface area contributed by atoms with E-state index in [0.29, 0.717) is 0 Å². The highest BCUT2D eigenvalue weighted by atomic mass is 15.2. The van der Waals surface area contributed by atoms with Gasteiger partial charge in [0.15, 0.2) is 0 Å². The zero-order chi connectivity index (χ0) is 26.5. The zero-order valence-corrected chi connectivity index (χ0v) is 22.0. The largest absolute Gasteiger partial charge is 0.284 e. The van der Waals surface area contributed by atoms with Gasteiger partial charge in [-0.15, -0.1) is 0 Å². The Balaban J connectivity index is 1.53. The van der Waals surface area contributed by atoms with E-state index in [9.17, 15) is 0 Å². The van der Waals surface area contributed by atoms with E-state index >= 15 is 0 Å². The first kappa shape index (κ1) is 22.9. The van der Waals surface area contributed by atoms with Crippen LogP contribution < -0.4 is 0 Å². The molecule has 0 bridgehead atoms. The summed E-state index contributed by atoms with van der Waals surface area (Å²) in [6.45, 7) is 0. The third-order valence-electron chi connectivity index (χ3n) is 8.42. The standard InChI is InChI=1S/C37H27N3/c1-4-14-26(15-5-1)32-24-25-38-36(39-32)40-33-23-13-11-21-30(33)34-29-20-10-12-22-31(29)37(35(34)40,27-16-6-2-7-17-27)28-18-8-3-9-19-28/h1-12,14-22,24-25H,13,23H2. The first-order valence-corrected chi connectivity index (χ1v) is 13.9. The van der Waals surface area contributed by atoms with E-state index < -0.39 is 5.41 Å². The van der Waals surface area contributed by atoms with Crippen LogP contribution in [0.25, 0.3) is 34.4 Å². The van der Waals surface area contributed by atoms with Gasteiger partial charge in [0.2, 0.25) is 5.95 Å². The van der Waals surface area contributed by atoms with Gasteiger partial charge < -0.3 is 0 Å². The van der Waals surface area contributed by atoms with Crippen molar-refractivity contribution < 1.29 is 0 Å². The highest BCUT2D eigenvalue weighted by Crippen LogP contribution is 2.59. The minimum atomic E-state index is -0.522. The lowest BCUT2D eigenvalue weighted by atomic mass is 9.69. The summed E-state index contributed by atoms with van der Waals surface area (Å²) in [6.07, 6.45) is 8.47. The van der Waals surface area contributed by atoms with Gasteiger partial charge in [-0.25, -0.2) is 9.97 Å². The Labute approximate surface area is 234 Å². The predicted octanol–water partition coefficient (Wildman–Crippen LogP) is 8.26. The number of fused-ring (bicyclic) bond motifs is 5. The summed E-state index contributed by atoms with van der Waals surface area (Å²) in [5, 5.41) is 0. The number of nitrogens with zero attached hydrogens (tertiary/aromatic N) is 3. The van der Waals surface area contributed by atoms with E-state index in [1.807, 2.05) is 18.3 Å². The summed E-state index contributed by atoms with van der Waals surface area (Å²) in [5.41, 5.74) is 11.6. The molecule has 0 spiro atoms. The SMILES string of the molecule is C1=Cc2c3c(n(-c4nccc(-c5ccccc5)n4)c2CC1)C(c1ccccc1)(c1ccccc1)c1ccccc1-3. The van der Waals surface area contributed by atoms with Crippen molar-refractivity contribution in [2.75, 3.05) is 0 Å². The molecule has 2 aliphatic carbocycles. The summed E-state index contributed by atoms with van der Waals surface area (Å²) in [4.78, 5) is 10.2. The molecular weight excluding hydrogens is 486 g/mol. The highest BCUT2D eigenvalue weighted by Gasteiger charge is 2.51. The molecular formula is C37H27N3. The maximum Gasteiger partial charge on any atom is 0.234 e. The molecule has 0 radical (unpaired) electrons. The van der Waals surface area contributed by atoms with Crippen LogP contribution in [0.5, 0.6) is 0 Å². The van der Waals surface area contributed by atoms with Gasteiger partial charge in [0.05, 0.1) is 16.8 Å². The Morgan fingerprint density at radius 2 is 1.32 bits per heavy atom. The first-order valence-electron chi connectivity index (χ1n) is 13.9. The Kier molecular flexibility index (Phi) is 5.17. The number of hydrogen-bond donors (Lipinski definition) is 0. The van der Waals surface area contributed by atoms with Gasteiger partial charge in [-0.3, -0.25) is 4.57 Å². The lowest BCUT2D eigenvalue weighted by molar-refractivity contribution is 0.682. The molecule has 190 valence electrons. The molecule has 0 aliphatic heterocycles. The van der Waals surface area contributed by atoms with Crippen molar-refractivity contribution in [2.45, 2.75) is 18.3 Å². The van der Waals surface area contributed by atoms with Gasteiger partial charge in [-0.2, -0.15) is 0 Å². The molecule has 0 fully saturated rings. The Bertz CT molecular complexity index is 1840. The van der Waals surface area contributed by atoms with Crippen LogP contribution in [0, 0.1) is 0 Å². The summed E-state index contributed by atoms with van der Waals surface area (Å²) in [5.74, 6) is 0.721. The minimum Gasteiger partial charge on any atom is -0.284 e. The van der Waals surface area contributed by atoms with Crippen molar-refractivity contribution in [3.63, 3.8) is 0 Å². The van der Waals surface area contributed by atoms with E-state index in [0.717, 1.165) is 30.0 Å². The quantitative estimate of drug-likeness (QED) is 0.237. The molecule has 40 heavy (non-hydrogen) atoms. The Morgan fingerprint density at radius 1 is 0.675 bits per heavy atom. The van der Waals surface area contributed by atoms with Crippen LogP contribution >= 0.6 is 0 Å². The van der Waals surface area contributed by atoms with Gasteiger partial charge in [-0.1, -0.05) is 127 Å². The average Bonchev–Trinajstić information content (AvgIpc) is 3.54. The maximum absolute atomic E-state index is 5.21. The third-order valence-corrected chi connectivity index (χ3v) is 8.42. The molecule has 2 heterocycles. The first-order chi connectivity index (χ1) is 19.9. The number of allylic oxidation sites excluding steroid dienone is 1. The average molecular weight is 514 g/mol. The van der Waals surface area contributed by atoms with E-state index in [1.54, 1.807) is 0 Å². The summed E-state index contributed by atoms with van der Waals surface area (Å²) in [7, 11) is 0. The molecule has 3 nitrogen and oxygen atoms in total. The summed E-state index contributed by atoms with van der Waals surface area (Å²) < 4.78 is 2.39. The van der Waals surface area contributed by atoms with E-state index in [-0.39, 0.29) is 0 Å².